The van der Waals surface area contributed by atoms with Crippen molar-refractivity contribution in [2.75, 3.05) is 13.7 Å². The Kier molecular flexibility index (Phi) is 5.11. The van der Waals surface area contributed by atoms with Gasteiger partial charge in [-0.3, -0.25) is 10.1 Å². The number of nitrogens with zero attached hydrogens (tertiary/aromatic N) is 1. The lowest BCUT2D eigenvalue weighted by molar-refractivity contribution is -0.386. The van der Waals surface area contributed by atoms with E-state index in [1.165, 1.54) is 19.2 Å². The standard InChI is InChI=1S/C13H20N2O4/c1-4-13(14,5-2)9-19-12-7-6-10(18-3)8-11(12)15(16)17/h6-8H,4-5,9,14H2,1-3H3. The molecule has 0 saturated heterocycles. The van der Waals surface area contributed by atoms with E-state index in [9.17, 15) is 10.1 Å². The van der Waals surface area contributed by atoms with Gasteiger partial charge >= 0.3 is 5.69 Å². The fourth-order valence-electron chi connectivity index (χ4n) is 1.56. The summed E-state index contributed by atoms with van der Waals surface area (Å²) in [6.45, 7) is 4.18. The molecule has 1 aromatic rings. The number of rotatable bonds is 7. The Morgan fingerprint density at radius 2 is 2.00 bits per heavy atom. The third-order valence-electron chi connectivity index (χ3n) is 3.29. The van der Waals surface area contributed by atoms with E-state index in [-0.39, 0.29) is 18.0 Å². The van der Waals surface area contributed by atoms with Gasteiger partial charge in [0.2, 0.25) is 0 Å². The monoisotopic (exact) mass is 268 g/mol. The van der Waals surface area contributed by atoms with E-state index in [4.69, 9.17) is 15.2 Å². The number of ether oxygens (including phenoxy) is 2. The van der Waals surface area contributed by atoms with E-state index >= 15 is 0 Å². The molecule has 0 atom stereocenters. The van der Waals surface area contributed by atoms with Gasteiger partial charge in [-0.1, -0.05) is 13.8 Å². The van der Waals surface area contributed by atoms with Crippen LogP contribution >= 0.6 is 0 Å². The molecule has 0 aliphatic rings. The molecule has 0 fully saturated rings. The second kappa shape index (κ2) is 6.38. The minimum absolute atomic E-state index is 0.117. The van der Waals surface area contributed by atoms with Gasteiger partial charge in [0.05, 0.1) is 18.1 Å². The highest BCUT2D eigenvalue weighted by molar-refractivity contribution is 5.50. The quantitative estimate of drug-likeness (QED) is 0.606. The smallest absolute Gasteiger partial charge is 0.314 e. The molecular weight excluding hydrogens is 248 g/mol. The van der Waals surface area contributed by atoms with Gasteiger partial charge < -0.3 is 15.2 Å². The Morgan fingerprint density at radius 1 is 1.37 bits per heavy atom. The highest BCUT2D eigenvalue weighted by Crippen LogP contribution is 2.31. The molecule has 1 rings (SSSR count). The van der Waals surface area contributed by atoms with Gasteiger partial charge in [0.25, 0.3) is 0 Å². The van der Waals surface area contributed by atoms with Crippen LogP contribution in [0.1, 0.15) is 26.7 Å². The molecule has 0 amide bonds. The second-order valence-electron chi connectivity index (χ2n) is 4.45. The average Bonchev–Trinajstić information content (AvgIpc) is 2.44. The summed E-state index contributed by atoms with van der Waals surface area (Å²) in [6.07, 6.45) is 1.49. The average molecular weight is 268 g/mol. The zero-order chi connectivity index (χ0) is 14.5. The van der Waals surface area contributed by atoms with Crippen LogP contribution in [0, 0.1) is 10.1 Å². The lowest BCUT2D eigenvalue weighted by atomic mass is 9.96. The van der Waals surface area contributed by atoms with Crippen LogP contribution in [-0.2, 0) is 0 Å². The predicted molar refractivity (Wildman–Crippen MR) is 72.6 cm³/mol. The third kappa shape index (κ3) is 3.82. The van der Waals surface area contributed by atoms with Gasteiger partial charge in [0, 0.05) is 5.54 Å². The normalized spacial score (nSPS) is 11.2. The Morgan fingerprint density at radius 3 is 2.47 bits per heavy atom. The van der Waals surface area contributed by atoms with Crippen LogP contribution in [-0.4, -0.2) is 24.2 Å². The zero-order valence-electron chi connectivity index (χ0n) is 11.5. The first kappa shape index (κ1) is 15.2. The number of nitro groups is 1. The van der Waals surface area contributed by atoms with Crippen molar-refractivity contribution in [1.29, 1.82) is 0 Å². The second-order valence-corrected chi connectivity index (χ2v) is 4.45. The van der Waals surface area contributed by atoms with Crippen molar-refractivity contribution in [2.24, 2.45) is 5.73 Å². The third-order valence-corrected chi connectivity index (χ3v) is 3.29. The van der Waals surface area contributed by atoms with Crippen LogP contribution in [0.4, 0.5) is 5.69 Å². The SMILES string of the molecule is CCC(N)(CC)COc1ccc(OC)cc1[N+](=O)[O-]. The Balaban J connectivity index is 2.92. The van der Waals surface area contributed by atoms with E-state index in [1.807, 2.05) is 13.8 Å². The van der Waals surface area contributed by atoms with Crippen LogP contribution in [0.25, 0.3) is 0 Å². The molecule has 2 N–H and O–H groups in total. The fraction of sp³-hybridized carbons (Fsp3) is 0.538. The van der Waals surface area contributed by atoms with Crippen molar-refractivity contribution in [2.45, 2.75) is 32.2 Å². The highest BCUT2D eigenvalue weighted by Gasteiger charge is 2.24. The van der Waals surface area contributed by atoms with Crippen molar-refractivity contribution >= 4 is 5.69 Å². The van der Waals surface area contributed by atoms with Crippen LogP contribution in [0.5, 0.6) is 11.5 Å². The van der Waals surface area contributed by atoms with Gasteiger partial charge in [-0.2, -0.15) is 0 Å². The van der Waals surface area contributed by atoms with Crippen LogP contribution in [0.3, 0.4) is 0 Å². The lowest BCUT2D eigenvalue weighted by Gasteiger charge is -2.26. The molecule has 0 aromatic heterocycles. The van der Waals surface area contributed by atoms with Gasteiger partial charge in [-0.15, -0.1) is 0 Å². The number of nitrogens with two attached hydrogens (primary N) is 1. The molecule has 0 saturated carbocycles. The first-order chi connectivity index (χ1) is 8.95. The van der Waals surface area contributed by atoms with E-state index in [1.54, 1.807) is 6.07 Å². The number of methoxy groups -OCH3 is 1. The van der Waals surface area contributed by atoms with Gasteiger partial charge in [-0.05, 0) is 25.0 Å². The van der Waals surface area contributed by atoms with Crippen molar-refractivity contribution in [3.8, 4) is 11.5 Å². The van der Waals surface area contributed by atoms with Crippen LogP contribution in [0.15, 0.2) is 18.2 Å². The lowest BCUT2D eigenvalue weighted by Crippen LogP contribution is -2.44. The van der Waals surface area contributed by atoms with Gasteiger partial charge in [0.15, 0.2) is 5.75 Å². The molecule has 0 bridgehead atoms. The number of hydrogen-bond donors (Lipinski definition) is 1. The van der Waals surface area contributed by atoms with Crippen LogP contribution in [0.2, 0.25) is 0 Å². The number of hydrogen-bond acceptors (Lipinski definition) is 5. The molecule has 0 heterocycles. The summed E-state index contributed by atoms with van der Waals surface area (Å²) in [6, 6.07) is 4.49. The molecular formula is C13H20N2O4. The predicted octanol–water partition coefficient (Wildman–Crippen LogP) is 2.50. The molecule has 0 unspecified atom stereocenters. The summed E-state index contributed by atoms with van der Waals surface area (Å²) in [4.78, 5) is 10.5. The van der Waals surface area contributed by atoms with Crippen molar-refractivity contribution < 1.29 is 14.4 Å². The first-order valence-corrected chi connectivity index (χ1v) is 6.20. The summed E-state index contributed by atoms with van der Waals surface area (Å²) in [5, 5.41) is 11.0. The molecule has 106 valence electrons. The maximum atomic E-state index is 11.0. The summed E-state index contributed by atoms with van der Waals surface area (Å²) in [7, 11) is 1.46. The Labute approximate surface area is 112 Å². The fourth-order valence-corrected chi connectivity index (χ4v) is 1.56. The van der Waals surface area contributed by atoms with Crippen molar-refractivity contribution in [3.63, 3.8) is 0 Å². The zero-order valence-corrected chi connectivity index (χ0v) is 11.5. The summed E-state index contributed by atoms with van der Waals surface area (Å²) >= 11 is 0. The number of nitro benzene ring substituents is 1. The van der Waals surface area contributed by atoms with E-state index in [2.05, 4.69) is 0 Å². The Bertz CT molecular complexity index is 444. The summed E-state index contributed by atoms with van der Waals surface area (Å²) in [5.74, 6) is 0.631. The molecule has 0 spiro atoms. The van der Waals surface area contributed by atoms with Crippen molar-refractivity contribution in [3.05, 3.63) is 28.3 Å². The van der Waals surface area contributed by atoms with Gasteiger partial charge in [0.1, 0.15) is 12.4 Å². The van der Waals surface area contributed by atoms with E-state index in [0.717, 1.165) is 12.8 Å². The van der Waals surface area contributed by atoms with Crippen molar-refractivity contribution in [1.82, 2.24) is 0 Å². The minimum Gasteiger partial charge on any atom is -0.496 e. The molecule has 0 aliphatic carbocycles. The van der Waals surface area contributed by atoms with Gasteiger partial charge in [-0.25, -0.2) is 0 Å². The maximum absolute atomic E-state index is 11.0. The largest absolute Gasteiger partial charge is 0.496 e. The summed E-state index contributed by atoms with van der Waals surface area (Å²) < 4.78 is 10.5. The summed E-state index contributed by atoms with van der Waals surface area (Å²) in [5.41, 5.74) is 5.53. The first-order valence-electron chi connectivity index (χ1n) is 6.20. The molecule has 6 heteroatoms. The van der Waals surface area contributed by atoms with E-state index < -0.39 is 10.5 Å². The highest BCUT2D eigenvalue weighted by atomic mass is 16.6. The molecule has 6 nitrogen and oxygen atoms in total. The van der Waals surface area contributed by atoms with Crippen LogP contribution < -0.4 is 15.2 Å². The molecule has 0 radical (unpaired) electrons. The topological polar surface area (TPSA) is 87.6 Å². The maximum Gasteiger partial charge on any atom is 0.314 e. The molecule has 0 aliphatic heterocycles. The number of benzene rings is 1. The minimum atomic E-state index is -0.492. The van der Waals surface area contributed by atoms with E-state index in [0.29, 0.717) is 5.75 Å². The Hall–Kier alpha value is -1.82. The molecule has 19 heavy (non-hydrogen) atoms. The molecule has 1 aromatic carbocycles.